The van der Waals surface area contributed by atoms with E-state index in [-0.39, 0.29) is 11.3 Å². The van der Waals surface area contributed by atoms with Crippen molar-refractivity contribution in [3.8, 4) is 0 Å². The Hall–Kier alpha value is -3.25. The molecule has 2 aromatic rings. The molecule has 0 bridgehead atoms. The van der Waals surface area contributed by atoms with Gasteiger partial charge in [0.05, 0.1) is 23.3 Å². The Morgan fingerprint density at radius 3 is 2.40 bits per heavy atom. The van der Waals surface area contributed by atoms with Crippen LogP contribution in [0, 0.1) is 65.1 Å². The lowest BCUT2D eigenvalue weighted by molar-refractivity contribution is 0.0220. The highest BCUT2D eigenvalue weighted by molar-refractivity contribution is 5.85. The second-order valence-electron chi connectivity index (χ2n) is 15.5. The largest absolute Gasteiger partial charge is 0.448 e. The fourth-order valence-electron chi connectivity index (χ4n) is 9.62. The van der Waals surface area contributed by atoms with Crippen LogP contribution in [-0.2, 0) is 10.2 Å². The first-order valence-corrected chi connectivity index (χ1v) is 17.8. The predicted octanol–water partition coefficient (Wildman–Crippen LogP) is 8.96. The zero-order valence-electron chi connectivity index (χ0n) is 28.8. The van der Waals surface area contributed by atoms with E-state index in [1.807, 2.05) is 0 Å². The monoisotopic (exact) mass is 706 g/mol. The molecule has 6 rings (SSSR count). The number of aliphatic hydroxyl groups is 2. The molecule has 8 atom stereocenters. The maximum Gasteiger partial charge on any atom is 0.412 e. The smallest absolute Gasteiger partial charge is 0.412 e. The lowest BCUT2D eigenvalue weighted by Gasteiger charge is -2.47. The number of nitrogens with zero attached hydrogens (tertiary/aromatic N) is 1. The van der Waals surface area contributed by atoms with Gasteiger partial charge in [-0.2, -0.15) is 0 Å². The van der Waals surface area contributed by atoms with Gasteiger partial charge in [-0.1, -0.05) is 32.9 Å². The Balaban J connectivity index is 1.16. The van der Waals surface area contributed by atoms with Gasteiger partial charge < -0.3 is 19.4 Å². The third-order valence-corrected chi connectivity index (χ3v) is 12.5. The summed E-state index contributed by atoms with van der Waals surface area (Å²) in [4.78, 5) is 17.5. The zero-order chi connectivity index (χ0) is 36.1. The van der Waals surface area contributed by atoms with Gasteiger partial charge in [0.1, 0.15) is 18.1 Å². The van der Waals surface area contributed by atoms with E-state index in [1.54, 1.807) is 12.2 Å². The number of aryl methyl sites for hydroxylation is 1. The van der Waals surface area contributed by atoms with Gasteiger partial charge >= 0.3 is 6.09 Å². The molecule has 3 N–H and O–H groups in total. The summed E-state index contributed by atoms with van der Waals surface area (Å²) < 4.78 is 81.6. The average molecular weight is 707 g/mol. The number of hydrogen-bond acceptors (Lipinski definition) is 6. The lowest BCUT2D eigenvalue weighted by Crippen LogP contribution is -2.39. The molecule has 1 heterocycles. The number of allylic oxidation sites excluding steroid dienone is 1. The van der Waals surface area contributed by atoms with Crippen molar-refractivity contribution in [3.63, 3.8) is 0 Å². The summed E-state index contributed by atoms with van der Waals surface area (Å²) in [5.74, 6) is -8.95. The van der Waals surface area contributed by atoms with Crippen LogP contribution < -0.4 is 5.32 Å². The van der Waals surface area contributed by atoms with Gasteiger partial charge in [0.2, 0.25) is 11.7 Å². The van der Waals surface area contributed by atoms with E-state index in [2.05, 4.69) is 31.5 Å². The summed E-state index contributed by atoms with van der Waals surface area (Å²) in [7, 11) is 0. The van der Waals surface area contributed by atoms with Crippen LogP contribution in [0.1, 0.15) is 102 Å². The lowest BCUT2D eigenvalue weighted by atomic mass is 9.58. The first-order chi connectivity index (χ1) is 23.7. The van der Waals surface area contributed by atoms with Crippen molar-refractivity contribution in [1.82, 2.24) is 4.98 Å². The molecule has 4 saturated carbocycles. The Labute approximate surface area is 289 Å². The first kappa shape index (κ1) is 36.5. The third kappa shape index (κ3) is 6.74. The topological polar surface area (TPSA) is 105 Å². The van der Waals surface area contributed by atoms with Crippen LogP contribution in [-0.4, -0.2) is 39.6 Å². The van der Waals surface area contributed by atoms with Crippen LogP contribution in [0.25, 0.3) is 0 Å². The molecule has 0 aliphatic heterocycles. The minimum absolute atomic E-state index is 0.0971. The fraction of sp³-hybridized carbons (Fsp3) is 0.632. The summed E-state index contributed by atoms with van der Waals surface area (Å²) in [6.45, 7) is 10.4. The minimum Gasteiger partial charge on any atom is -0.448 e. The van der Waals surface area contributed by atoms with Crippen molar-refractivity contribution >= 4 is 11.8 Å². The molecule has 1 unspecified atom stereocenters. The SMILES string of the molecule is C=C1C(=CCC2CCC[C@]3(C)[C@@H]([C@H](C)CC[C@@H](OC(=O)Nc4c(F)c(F)c(F)c(F)c4F)C4(c5nc(C)co5)CC4)CC[C@@H]23)C[C@@H](O)C[C@@H]1O. The van der Waals surface area contributed by atoms with E-state index in [1.165, 1.54) is 6.26 Å². The number of aromatic nitrogens is 1. The molecule has 12 heteroatoms. The van der Waals surface area contributed by atoms with Crippen LogP contribution in [0.4, 0.5) is 32.4 Å². The Morgan fingerprint density at radius 2 is 1.76 bits per heavy atom. The number of anilines is 1. The van der Waals surface area contributed by atoms with Gasteiger partial charge in [0, 0.05) is 6.42 Å². The Morgan fingerprint density at radius 1 is 1.08 bits per heavy atom. The molecule has 1 aromatic heterocycles. The molecule has 4 aliphatic carbocycles. The van der Waals surface area contributed by atoms with Crippen molar-refractivity contribution in [2.24, 2.45) is 29.1 Å². The number of rotatable bonds is 10. The van der Waals surface area contributed by atoms with Crippen molar-refractivity contribution in [2.45, 2.75) is 122 Å². The maximum absolute atomic E-state index is 14.4. The van der Waals surface area contributed by atoms with Crippen molar-refractivity contribution < 1.29 is 46.1 Å². The van der Waals surface area contributed by atoms with Crippen LogP contribution in [0.15, 0.2) is 34.5 Å². The molecule has 4 aliphatic rings. The number of carbonyl (C=O) groups excluding carboxylic acids is 1. The summed E-state index contributed by atoms with van der Waals surface area (Å²) >= 11 is 0. The van der Waals surface area contributed by atoms with Gasteiger partial charge in [-0.05, 0) is 111 Å². The third-order valence-electron chi connectivity index (χ3n) is 12.5. The number of benzene rings is 1. The van der Waals surface area contributed by atoms with Crippen molar-refractivity contribution in [2.75, 3.05) is 5.32 Å². The molecule has 7 nitrogen and oxygen atoms in total. The van der Waals surface area contributed by atoms with Gasteiger partial charge in [-0.3, -0.25) is 5.32 Å². The second kappa shape index (κ2) is 14.1. The fourth-order valence-corrected chi connectivity index (χ4v) is 9.62. The van der Waals surface area contributed by atoms with Gasteiger partial charge in [0.15, 0.2) is 23.3 Å². The molecular weight excluding hydrogens is 659 g/mol. The first-order valence-electron chi connectivity index (χ1n) is 17.8. The Kier molecular flexibility index (Phi) is 10.3. The number of ether oxygens (including phenoxy) is 1. The molecule has 1 aromatic carbocycles. The zero-order valence-corrected chi connectivity index (χ0v) is 28.8. The quantitative estimate of drug-likeness (QED) is 0.130. The number of oxazole rings is 1. The van der Waals surface area contributed by atoms with Crippen LogP contribution in [0.2, 0.25) is 0 Å². The molecule has 1 amide bonds. The highest BCUT2D eigenvalue weighted by atomic mass is 19.2. The molecule has 0 spiro atoms. The minimum atomic E-state index is -2.32. The summed E-state index contributed by atoms with van der Waals surface area (Å²) in [6, 6.07) is 0. The number of amides is 1. The van der Waals surface area contributed by atoms with Gasteiger partial charge in [-0.25, -0.2) is 31.7 Å². The van der Waals surface area contributed by atoms with Crippen molar-refractivity contribution in [1.29, 1.82) is 0 Å². The summed E-state index contributed by atoms with van der Waals surface area (Å²) in [6.07, 6.45) is 9.64. The second-order valence-corrected chi connectivity index (χ2v) is 15.5. The summed E-state index contributed by atoms with van der Waals surface area (Å²) in [5.41, 5.74) is 0.159. The van der Waals surface area contributed by atoms with E-state index < -0.39 is 64.6 Å². The van der Waals surface area contributed by atoms with Crippen molar-refractivity contribution in [3.05, 3.63) is 70.7 Å². The van der Waals surface area contributed by atoms with E-state index >= 15 is 0 Å². The van der Waals surface area contributed by atoms with Crippen LogP contribution >= 0.6 is 0 Å². The number of fused-ring (bicyclic) bond motifs is 1. The molecule has 0 saturated heterocycles. The van der Waals surface area contributed by atoms with Gasteiger partial charge in [0.25, 0.3) is 0 Å². The standard InChI is InChI=1S/C38H47F5N2O5/c1-19(25-10-11-26-22(6-5-13-37(25,26)4)8-9-23-16-24(46)17-27(47)21(23)3)7-12-28(38(14-15-38)35-44-20(2)18-49-35)50-36(48)45-34-32(42)30(40)29(39)31(41)33(34)43/h9,18-19,22,24-28,46-47H,3,5-8,10-17H2,1-2,4H3,(H,45,48)/t19-,22?,24-,25-,26+,27+,28-,37-/m1/s1. The maximum atomic E-state index is 14.4. The van der Waals surface area contributed by atoms with E-state index in [9.17, 15) is 37.0 Å². The molecule has 0 radical (unpaired) electrons. The van der Waals surface area contributed by atoms with E-state index in [0.29, 0.717) is 73.4 Å². The molecule has 4 fully saturated rings. The van der Waals surface area contributed by atoms with E-state index in [4.69, 9.17) is 9.15 Å². The van der Waals surface area contributed by atoms with Crippen LogP contribution in [0.5, 0.6) is 0 Å². The average Bonchev–Trinajstić information content (AvgIpc) is 3.63. The number of halogens is 5. The molecule has 50 heavy (non-hydrogen) atoms. The number of aliphatic hydroxyl groups excluding tert-OH is 2. The number of carbonyl (C=O) groups is 1. The molecule has 274 valence electrons. The normalized spacial score (nSPS) is 31.0. The highest BCUT2D eigenvalue weighted by Gasteiger charge is 2.57. The van der Waals surface area contributed by atoms with Gasteiger partial charge in [-0.15, -0.1) is 0 Å². The number of hydrogen-bond donors (Lipinski definition) is 3. The Bertz CT molecular complexity index is 1630. The van der Waals surface area contributed by atoms with E-state index in [0.717, 1.165) is 44.1 Å². The highest BCUT2D eigenvalue weighted by Crippen LogP contribution is 2.61. The van der Waals surface area contributed by atoms with Crippen LogP contribution in [0.3, 0.4) is 0 Å². The summed E-state index contributed by atoms with van der Waals surface area (Å²) in [5, 5.41) is 22.3. The molecular formula is C38H47F5N2O5. The predicted molar refractivity (Wildman–Crippen MR) is 175 cm³/mol. The number of nitrogens with one attached hydrogen (secondary N) is 1.